The van der Waals surface area contributed by atoms with Crippen LogP contribution in [-0.2, 0) is 0 Å². The summed E-state index contributed by atoms with van der Waals surface area (Å²) in [7, 11) is 0.656. The third-order valence-electron chi connectivity index (χ3n) is 12.0. The van der Waals surface area contributed by atoms with E-state index in [1.165, 1.54) is 102 Å². The van der Waals surface area contributed by atoms with Crippen molar-refractivity contribution in [3.05, 3.63) is 244 Å². The molecular weight excluding hydrogens is 1000 g/mol. The van der Waals surface area contributed by atoms with Gasteiger partial charge in [-0.2, -0.15) is 0 Å². The van der Waals surface area contributed by atoms with Gasteiger partial charge in [0.2, 0.25) is 0 Å². The van der Waals surface area contributed by atoms with Crippen LogP contribution >= 0.6 is 47.8 Å². The molecule has 0 heterocycles. The fourth-order valence-corrected chi connectivity index (χ4v) is 10.2. The van der Waals surface area contributed by atoms with Crippen molar-refractivity contribution in [1.29, 1.82) is 0 Å². The minimum atomic E-state index is 0.616. The normalized spacial score (nSPS) is 11.0. The molecule has 12 aromatic rings. The van der Waals surface area contributed by atoms with Gasteiger partial charge in [0.1, 0.15) is 5.75 Å². The first-order chi connectivity index (χ1) is 32.4. The smallest absolute Gasteiger partial charge is 0.537 e. The van der Waals surface area contributed by atoms with E-state index in [1.807, 2.05) is 12.1 Å². The summed E-state index contributed by atoms with van der Waals surface area (Å²) < 4.78 is 7.92. The lowest BCUT2D eigenvalue weighted by Gasteiger charge is -2.18. The molecule has 315 valence electrons. The number of hydrogen-bond acceptors (Lipinski definition) is 2. The number of halogens is 3. The minimum absolute atomic E-state index is 0.616. The maximum atomic E-state index is 8.23. The standard InChI is InChI=1S/C30H19Br.C24H15Br.C6H5BBrO2/c31-24-17-15-21(16-18-24)29-25-9-3-5-11-27(25)30(28-12-6-4-10-26(28)29)23-14-13-20-7-1-2-8-22(20)19-23;25-24-21-11-5-3-9-19(21)23(20-10-4-6-12-22(20)24)18-14-13-16-7-1-2-8-17(16)15-18;8-5-1-3-6(4-2-5)10-7-9/h1-19H;1-15H;1-4,9H. The molecule has 0 aliphatic rings. The molecule has 2 nitrogen and oxygen atoms in total. The van der Waals surface area contributed by atoms with Gasteiger partial charge in [-0.25, -0.2) is 0 Å². The van der Waals surface area contributed by atoms with Crippen LogP contribution in [0.25, 0.3) is 98.0 Å². The Bertz CT molecular complexity index is 3590. The Balaban J connectivity index is 0.000000131. The van der Waals surface area contributed by atoms with Gasteiger partial charge in [-0.15, -0.1) is 0 Å². The highest BCUT2D eigenvalue weighted by atomic mass is 79.9. The van der Waals surface area contributed by atoms with Crippen LogP contribution in [0.2, 0.25) is 0 Å². The molecule has 1 N–H and O–H groups in total. The number of rotatable bonds is 5. The van der Waals surface area contributed by atoms with Crippen molar-refractivity contribution in [2.75, 3.05) is 0 Å². The molecule has 0 aliphatic carbocycles. The Hall–Kier alpha value is -6.54. The molecule has 6 heteroatoms. The third-order valence-corrected chi connectivity index (χ3v) is 13.9. The fourth-order valence-electron chi connectivity index (χ4n) is 9.02. The lowest BCUT2D eigenvalue weighted by atomic mass is 9.85. The second-order valence-corrected chi connectivity index (χ2v) is 18.6. The predicted molar refractivity (Wildman–Crippen MR) is 292 cm³/mol. The third kappa shape index (κ3) is 8.78. The van der Waals surface area contributed by atoms with Gasteiger partial charge in [-0.05, 0) is 162 Å². The van der Waals surface area contributed by atoms with Crippen molar-refractivity contribution in [1.82, 2.24) is 0 Å². The molecule has 0 saturated heterocycles. The molecule has 0 fully saturated rings. The second kappa shape index (κ2) is 19.5. The van der Waals surface area contributed by atoms with Gasteiger partial charge in [-0.1, -0.05) is 214 Å². The molecule has 0 aromatic heterocycles. The summed E-state index contributed by atoms with van der Waals surface area (Å²) in [5, 5.41) is 23.5. The second-order valence-electron chi connectivity index (χ2n) is 15.9. The van der Waals surface area contributed by atoms with Crippen LogP contribution < -0.4 is 4.65 Å². The average molecular weight is 1040 g/mol. The fraction of sp³-hybridized carbons (Fsp3) is 0. The van der Waals surface area contributed by atoms with Crippen LogP contribution in [0.5, 0.6) is 5.75 Å². The van der Waals surface area contributed by atoms with E-state index in [0.717, 1.165) is 8.95 Å². The van der Waals surface area contributed by atoms with Crippen molar-refractivity contribution in [2.24, 2.45) is 0 Å². The van der Waals surface area contributed by atoms with E-state index < -0.39 is 0 Å². The van der Waals surface area contributed by atoms with Gasteiger partial charge in [0.05, 0.1) is 0 Å². The van der Waals surface area contributed by atoms with Crippen molar-refractivity contribution >= 4 is 120 Å². The summed E-state index contributed by atoms with van der Waals surface area (Å²) in [4.78, 5) is 0. The molecule has 1 radical (unpaired) electrons. The van der Waals surface area contributed by atoms with Gasteiger partial charge in [0.15, 0.2) is 0 Å². The summed E-state index contributed by atoms with van der Waals surface area (Å²) in [6, 6.07) is 81.4. The van der Waals surface area contributed by atoms with Gasteiger partial charge in [0.25, 0.3) is 0 Å². The molecule has 66 heavy (non-hydrogen) atoms. The Morgan fingerprint density at radius 2 is 0.606 bits per heavy atom. The predicted octanol–water partition coefficient (Wildman–Crippen LogP) is 18.2. The zero-order valence-corrected chi connectivity index (χ0v) is 40.3. The van der Waals surface area contributed by atoms with Crippen LogP contribution in [0.1, 0.15) is 0 Å². The quantitative estimate of drug-likeness (QED) is 0.137. The molecule has 0 unspecified atom stereocenters. The summed E-state index contributed by atoms with van der Waals surface area (Å²) >= 11 is 10.7. The first-order valence-electron chi connectivity index (χ1n) is 21.6. The van der Waals surface area contributed by atoms with E-state index >= 15 is 0 Å². The molecule has 12 aromatic carbocycles. The molecule has 0 saturated carbocycles. The molecule has 0 atom stereocenters. The van der Waals surface area contributed by atoms with Crippen molar-refractivity contribution in [3.63, 3.8) is 0 Å². The van der Waals surface area contributed by atoms with Crippen LogP contribution in [0.3, 0.4) is 0 Å². The van der Waals surface area contributed by atoms with Crippen LogP contribution in [0.4, 0.5) is 0 Å². The van der Waals surface area contributed by atoms with E-state index in [-0.39, 0.29) is 0 Å². The lowest BCUT2D eigenvalue weighted by molar-refractivity contribution is 0.454. The maximum Gasteiger partial charge on any atom is 0.569 e. The van der Waals surface area contributed by atoms with Gasteiger partial charge in [0, 0.05) is 13.4 Å². The maximum absolute atomic E-state index is 8.23. The number of hydrogen-bond donors (Lipinski definition) is 1. The average Bonchev–Trinajstić information content (AvgIpc) is 3.37. The molecule has 0 amide bonds. The SMILES string of the molecule is Brc1c2ccccc2c(-c2ccc3ccccc3c2)c2ccccc12.Brc1ccc(-c2c3ccccc3c(-c3ccc4ccccc4c3)c3ccccc23)cc1.O[B]Oc1ccc(Br)cc1. The van der Waals surface area contributed by atoms with Crippen LogP contribution in [-0.4, -0.2) is 12.7 Å². The minimum Gasteiger partial charge on any atom is -0.537 e. The van der Waals surface area contributed by atoms with E-state index in [2.05, 4.69) is 259 Å². The van der Waals surface area contributed by atoms with Crippen molar-refractivity contribution < 1.29 is 9.68 Å². The Labute approximate surface area is 409 Å². The number of benzene rings is 12. The van der Waals surface area contributed by atoms with E-state index in [9.17, 15) is 0 Å². The monoisotopic (exact) mass is 1040 g/mol. The number of fused-ring (bicyclic) bond motifs is 6. The molecule has 0 aliphatic heterocycles. The largest absolute Gasteiger partial charge is 0.569 e. The highest BCUT2D eigenvalue weighted by molar-refractivity contribution is 9.11. The lowest BCUT2D eigenvalue weighted by Crippen LogP contribution is -1.98. The topological polar surface area (TPSA) is 29.5 Å². The first-order valence-corrected chi connectivity index (χ1v) is 24.0. The molecule has 0 bridgehead atoms. The Morgan fingerprint density at radius 3 is 1.00 bits per heavy atom. The van der Waals surface area contributed by atoms with E-state index in [0.29, 0.717) is 13.4 Å². The first kappa shape index (κ1) is 43.4. The van der Waals surface area contributed by atoms with Crippen molar-refractivity contribution in [3.8, 4) is 39.1 Å². The zero-order chi connectivity index (χ0) is 45.0. The molecular formula is C60H39BBr3O2. The summed E-state index contributed by atoms with van der Waals surface area (Å²) in [6.45, 7) is 0. The van der Waals surface area contributed by atoms with Gasteiger partial charge >= 0.3 is 7.69 Å². The summed E-state index contributed by atoms with van der Waals surface area (Å²) in [6.07, 6.45) is 0. The molecule has 12 rings (SSSR count). The highest BCUT2D eigenvalue weighted by Gasteiger charge is 2.17. The van der Waals surface area contributed by atoms with Crippen LogP contribution in [0.15, 0.2) is 244 Å². The van der Waals surface area contributed by atoms with Gasteiger partial charge < -0.3 is 9.68 Å². The summed E-state index contributed by atoms with van der Waals surface area (Å²) in [5.41, 5.74) is 7.66. The Morgan fingerprint density at radius 1 is 0.303 bits per heavy atom. The van der Waals surface area contributed by atoms with Gasteiger partial charge in [-0.3, -0.25) is 0 Å². The van der Waals surface area contributed by atoms with Crippen molar-refractivity contribution in [2.45, 2.75) is 0 Å². The highest BCUT2D eigenvalue weighted by Crippen LogP contribution is 2.45. The summed E-state index contributed by atoms with van der Waals surface area (Å²) in [5.74, 6) is 0.616. The Kier molecular flexibility index (Phi) is 12.8. The molecule has 0 spiro atoms. The van der Waals surface area contributed by atoms with Crippen LogP contribution in [0, 0.1) is 0 Å². The van der Waals surface area contributed by atoms with E-state index in [1.54, 1.807) is 12.1 Å². The van der Waals surface area contributed by atoms with E-state index in [4.69, 9.17) is 5.02 Å². The zero-order valence-electron chi connectivity index (χ0n) is 35.5.